The Bertz CT molecular complexity index is 1370. The summed E-state index contributed by atoms with van der Waals surface area (Å²) in [7, 11) is 0. The van der Waals surface area contributed by atoms with E-state index < -0.39 is 18.8 Å². The van der Waals surface area contributed by atoms with Gasteiger partial charge in [-0.1, -0.05) is 0 Å². The summed E-state index contributed by atoms with van der Waals surface area (Å²) in [5.41, 5.74) is 2.15. The van der Waals surface area contributed by atoms with E-state index in [0.29, 0.717) is 52.5 Å². The lowest BCUT2D eigenvalue weighted by Crippen LogP contribution is -2.41. The standard InChI is InChI=1S/C23H24F3N7O/c1-12-29-21-18(24)7-14(8-19(21)33(12)11-20(25)26)16-9-27-22-17(16)10-28-23(31-22)30-15-3-5-32(6-4-15)13(2)34/h7-10,15,20H,3-6,11H2,1-2H3,(H2,27,28,30,31). The molecule has 2 N–H and O–H groups in total. The lowest BCUT2D eigenvalue weighted by molar-refractivity contribution is -0.129. The molecule has 4 aromatic rings. The molecule has 5 rings (SSSR count). The number of imidazole rings is 1. The molecule has 8 nitrogen and oxygen atoms in total. The van der Waals surface area contributed by atoms with Gasteiger partial charge in [0.05, 0.1) is 12.1 Å². The van der Waals surface area contributed by atoms with Crippen molar-refractivity contribution in [3.8, 4) is 11.1 Å². The predicted molar refractivity (Wildman–Crippen MR) is 122 cm³/mol. The van der Waals surface area contributed by atoms with Gasteiger partial charge in [0, 0.05) is 49.4 Å². The van der Waals surface area contributed by atoms with Crippen LogP contribution in [0.25, 0.3) is 33.2 Å². The highest BCUT2D eigenvalue weighted by Gasteiger charge is 2.22. The minimum atomic E-state index is -2.58. The quantitative estimate of drug-likeness (QED) is 0.457. The molecule has 11 heteroatoms. The fraction of sp³-hybridized carbons (Fsp3) is 0.391. The minimum Gasteiger partial charge on any atom is -0.351 e. The molecular formula is C23H24F3N7O. The first-order chi connectivity index (χ1) is 16.3. The Balaban J connectivity index is 1.43. The van der Waals surface area contributed by atoms with Gasteiger partial charge >= 0.3 is 0 Å². The molecule has 0 aliphatic carbocycles. The zero-order valence-electron chi connectivity index (χ0n) is 18.8. The van der Waals surface area contributed by atoms with Crippen molar-refractivity contribution >= 4 is 33.9 Å². The van der Waals surface area contributed by atoms with E-state index in [1.54, 1.807) is 32.3 Å². The number of amides is 1. The second kappa shape index (κ2) is 8.62. The van der Waals surface area contributed by atoms with Crippen LogP contribution in [0.5, 0.6) is 0 Å². The highest BCUT2D eigenvalue weighted by atomic mass is 19.3. The van der Waals surface area contributed by atoms with Gasteiger partial charge in [0.15, 0.2) is 5.82 Å². The van der Waals surface area contributed by atoms with Gasteiger partial charge in [-0.25, -0.2) is 23.1 Å². The Hall–Kier alpha value is -3.63. The lowest BCUT2D eigenvalue weighted by atomic mass is 10.1. The van der Waals surface area contributed by atoms with Crippen LogP contribution in [0, 0.1) is 12.7 Å². The van der Waals surface area contributed by atoms with Crippen LogP contribution in [-0.2, 0) is 11.3 Å². The van der Waals surface area contributed by atoms with Crippen LogP contribution < -0.4 is 5.32 Å². The smallest absolute Gasteiger partial charge is 0.256 e. The largest absolute Gasteiger partial charge is 0.351 e. The number of rotatable bonds is 5. The number of carbonyl (C=O) groups excluding carboxylic acids is 1. The number of aromatic nitrogens is 5. The number of fused-ring (bicyclic) bond motifs is 2. The Morgan fingerprint density at radius 2 is 2.03 bits per heavy atom. The van der Waals surface area contributed by atoms with Gasteiger partial charge in [-0.3, -0.25) is 4.79 Å². The molecule has 0 radical (unpaired) electrons. The van der Waals surface area contributed by atoms with Crippen LogP contribution in [0.1, 0.15) is 25.6 Å². The van der Waals surface area contributed by atoms with Gasteiger partial charge in [-0.2, -0.15) is 4.98 Å². The van der Waals surface area contributed by atoms with Crippen molar-refractivity contribution < 1.29 is 18.0 Å². The molecule has 1 saturated heterocycles. The van der Waals surface area contributed by atoms with Crippen molar-refractivity contribution in [2.75, 3.05) is 18.4 Å². The summed E-state index contributed by atoms with van der Waals surface area (Å²) in [4.78, 5) is 29.5. The van der Waals surface area contributed by atoms with Crippen molar-refractivity contribution in [2.24, 2.45) is 0 Å². The molecule has 0 unspecified atom stereocenters. The molecule has 1 fully saturated rings. The van der Waals surface area contributed by atoms with Crippen LogP contribution in [0.3, 0.4) is 0 Å². The van der Waals surface area contributed by atoms with Crippen molar-refractivity contribution in [3.63, 3.8) is 0 Å². The van der Waals surface area contributed by atoms with Gasteiger partial charge in [0.2, 0.25) is 11.9 Å². The monoisotopic (exact) mass is 471 g/mol. The summed E-state index contributed by atoms with van der Waals surface area (Å²) in [5.74, 6) is 0.305. The number of carbonyl (C=O) groups is 1. The summed E-state index contributed by atoms with van der Waals surface area (Å²) in [5, 5.41) is 4.01. The molecule has 0 saturated carbocycles. The second-order valence-corrected chi connectivity index (χ2v) is 8.57. The van der Waals surface area contributed by atoms with Crippen molar-refractivity contribution in [2.45, 2.75) is 45.7 Å². The number of aromatic amines is 1. The summed E-state index contributed by atoms with van der Waals surface area (Å²) in [6, 6.07) is 3.18. The number of H-pyrrole nitrogens is 1. The third-order valence-corrected chi connectivity index (χ3v) is 6.34. The SMILES string of the molecule is CC(=O)N1CCC(Nc2ncc3c(-c4cc(F)c5nc(C)n(CC(F)F)c5c4)c[nH]c3n2)CC1. The lowest BCUT2D eigenvalue weighted by Gasteiger charge is -2.31. The first kappa shape index (κ1) is 22.2. The fourth-order valence-corrected chi connectivity index (χ4v) is 4.56. The topological polar surface area (TPSA) is 91.7 Å². The summed E-state index contributed by atoms with van der Waals surface area (Å²) in [6.45, 7) is 3.99. The second-order valence-electron chi connectivity index (χ2n) is 8.57. The zero-order chi connectivity index (χ0) is 24.0. The molecule has 0 spiro atoms. The maximum absolute atomic E-state index is 14.8. The number of halogens is 3. The first-order valence-corrected chi connectivity index (χ1v) is 11.1. The highest BCUT2D eigenvalue weighted by Crippen LogP contribution is 2.32. The van der Waals surface area contributed by atoms with Gasteiger partial charge in [0.25, 0.3) is 6.43 Å². The van der Waals surface area contributed by atoms with E-state index in [9.17, 15) is 18.0 Å². The van der Waals surface area contributed by atoms with Crippen molar-refractivity contribution in [1.29, 1.82) is 0 Å². The van der Waals surface area contributed by atoms with Crippen LogP contribution >= 0.6 is 0 Å². The minimum absolute atomic E-state index is 0.0697. The fourth-order valence-electron chi connectivity index (χ4n) is 4.56. The Kier molecular flexibility index (Phi) is 5.62. The molecule has 3 aromatic heterocycles. The van der Waals surface area contributed by atoms with Crippen LogP contribution in [-0.4, -0.2) is 60.9 Å². The summed E-state index contributed by atoms with van der Waals surface area (Å²) in [6.07, 6.45) is 2.40. The molecule has 0 bridgehead atoms. The van der Waals surface area contributed by atoms with E-state index >= 15 is 0 Å². The maximum atomic E-state index is 14.8. The number of nitrogens with one attached hydrogen (secondary N) is 2. The Morgan fingerprint density at radius 1 is 1.26 bits per heavy atom. The Labute approximate surface area is 193 Å². The molecule has 178 valence electrons. The third kappa shape index (κ3) is 4.06. The predicted octanol–water partition coefficient (Wildman–Crippen LogP) is 4.11. The van der Waals surface area contributed by atoms with Crippen LogP contribution in [0.15, 0.2) is 24.5 Å². The van der Waals surface area contributed by atoms with Gasteiger partial charge in [0.1, 0.15) is 17.0 Å². The van der Waals surface area contributed by atoms with E-state index in [2.05, 4.69) is 25.3 Å². The van der Waals surface area contributed by atoms with E-state index in [1.807, 2.05) is 4.90 Å². The Morgan fingerprint density at radius 3 is 2.74 bits per heavy atom. The van der Waals surface area contributed by atoms with Gasteiger partial charge in [-0.15, -0.1) is 0 Å². The molecule has 1 amide bonds. The van der Waals surface area contributed by atoms with E-state index in [4.69, 9.17) is 0 Å². The molecule has 1 aliphatic rings. The zero-order valence-corrected chi connectivity index (χ0v) is 18.8. The molecule has 1 aromatic carbocycles. The van der Waals surface area contributed by atoms with E-state index in [1.165, 1.54) is 10.6 Å². The van der Waals surface area contributed by atoms with E-state index in [-0.39, 0.29) is 17.5 Å². The number of likely N-dealkylation sites (tertiary alicyclic amines) is 1. The molecular weight excluding hydrogens is 447 g/mol. The van der Waals surface area contributed by atoms with Crippen LogP contribution in [0.2, 0.25) is 0 Å². The van der Waals surface area contributed by atoms with E-state index in [0.717, 1.165) is 12.8 Å². The summed E-state index contributed by atoms with van der Waals surface area (Å²) >= 11 is 0. The number of hydrogen-bond donors (Lipinski definition) is 2. The number of piperidine rings is 1. The summed E-state index contributed by atoms with van der Waals surface area (Å²) < 4.78 is 42.3. The van der Waals surface area contributed by atoms with Gasteiger partial charge < -0.3 is 19.8 Å². The number of benzene rings is 1. The number of nitrogens with zero attached hydrogens (tertiary/aromatic N) is 5. The average molecular weight is 471 g/mol. The number of anilines is 1. The maximum Gasteiger partial charge on any atom is 0.256 e. The molecule has 0 atom stereocenters. The number of alkyl halides is 2. The van der Waals surface area contributed by atoms with Crippen molar-refractivity contribution in [1.82, 2.24) is 29.4 Å². The van der Waals surface area contributed by atoms with Crippen molar-refractivity contribution in [3.05, 3.63) is 36.2 Å². The number of hydrogen-bond acceptors (Lipinski definition) is 5. The van der Waals surface area contributed by atoms with Gasteiger partial charge in [-0.05, 0) is 37.5 Å². The normalized spacial score (nSPS) is 15.1. The third-order valence-electron chi connectivity index (χ3n) is 6.34. The first-order valence-electron chi connectivity index (χ1n) is 11.1. The molecule has 34 heavy (non-hydrogen) atoms. The molecule has 1 aliphatic heterocycles. The average Bonchev–Trinajstić information content (AvgIpc) is 3.35. The van der Waals surface area contributed by atoms with Crippen LogP contribution in [0.4, 0.5) is 19.1 Å². The highest BCUT2D eigenvalue weighted by molar-refractivity contribution is 5.96. The molecule has 4 heterocycles. The number of aryl methyl sites for hydroxylation is 1.